The number of thiophene rings is 1. The second-order valence-electron chi connectivity index (χ2n) is 3.26. The minimum Gasteiger partial charge on any atom is -0.314 e. The Morgan fingerprint density at radius 2 is 2.50 bits per heavy atom. The van der Waals surface area contributed by atoms with Crippen LogP contribution in [0.5, 0.6) is 0 Å². The van der Waals surface area contributed by atoms with Crippen LogP contribution in [0.1, 0.15) is 17.8 Å². The van der Waals surface area contributed by atoms with Gasteiger partial charge in [0.05, 0.1) is 0 Å². The van der Waals surface area contributed by atoms with Crippen LogP contribution in [0.2, 0.25) is 0 Å². The lowest BCUT2D eigenvalue weighted by Crippen LogP contribution is -2.55. The molecule has 0 spiro atoms. The Morgan fingerprint density at radius 3 is 3.00 bits per heavy atom. The van der Waals surface area contributed by atoms with Gasteiger partial charge in [0.25, 0.3) is 0 Å². The van der Waals surface area contributed by atoms with Crippen molar-refractivity contribution in [1.82, 2.24) is 10.6 Å². The van der Waals surface area contributed by atoms with Crippen molar-refractivity contribution < 1.29 is 0 Å². The van der Waals surface area contributed by atoms with Crippen molar-refractivity contribution in [3.8, 4) is 0 Å². The van der Waals surface area contributed by atoms with E-state index in [1.165, 1.54) is 4.88 Å². The Balaban J connectivity index is 1.87. The summed E-state index contributed by atoms with van der Waals surface area (Å²) in [7, 11) is 0. The molecular formula is C9H14N2S. The van der Waals surface area contributed by atoms with Crippen molar-refractivity contribution in [2.24, 2.45) is 0 Å². The third-order valence-electron chi connectivity index (χ3n) is 2.24. The van der Waals surface area contributed by atoms with Crippen molar-refractivity contribution in [3.05, 3.63) is 22.4 Å². The average Bonchev–Trinajstić information content (AvgIpc) is 2.47. The molecule has 0 bridgehead atoms. The van der Waals surface area contributed by atoms with Gasteiger partial charge in [0.1, 0.15) is 0 Å². The molecule has 0 amide bonds. The predicted octanol–water partition coefficient (Wildman–Crippen LogP) is 1.37. The van der Waals surface area contributed by atoms with E-state index in [9.17, 15) is 0 Å². The van der Waals surface area contributed by atoms with Crippen LogP contribution < -0.4 is 10.6 Å². The van der Waals surface area contributed by atoms with Crippen LogP contribution >= 0.6 is 11.3 Å². The Bertz CT molecular complexity index is 229. The molecule has 2 nitrogen and oxygen atoms in total. The third-order valence-corrected chi connectivity index (χ3v) is 3.29. The molecule has 1 atom stereocenters. The van der Waals surface area contributed by atoms with Crippen LogP contribution in [-0.2, 0) is 0 Å². The highest BCUT2D eigenvalue weighted by molar-refractivity contribution is 7.10. The van der Waals surface area contributed by atoms with Crippen molar-refractivity contribution in [2.75, 3.05) is 13.1 Å². The highest BCUT2D eigenvalue weighted by Gasteiger charge is 2.19. The van der Waals surface area contributed by atoms with Gasteiger partial charge in [0.2, 0.25) is 0 Å². The number of hydrogen-bond acceptors (Lipinski definition) is 3. The summed E-state index contributed by atoms with van der Waals surface area (Å²) in [5.74, 6) is 0. The van der Waals surface area contributed by atoms with Gasteiger partial charge in [-0.25, -0.2) is 0 Å². The zero-order valence-corrected chi connectivity index (χ0v) is 8.03. The van der Waals surface area contributed by atoms with E-state index in [0.717, 1.165) is 13.1 Å². The molecule has 3 heteroatoms. The van der Waals surface area contributed by atoms with Crippen molar-refractivity contribution in [2.45, 2.75) is 19.0 Å². The normalized spacial score (nSPS) is 20.4. The molecular weight excluding hydrogens is 168 g/mol. The predicted molar refractivity (Wildman–Crippen MR) is 52.5 cm³/mol. The SMILES string of the molecule is C[C@@H](NC1CNC1)c1cccs1. The summed E-state index contributed by atoms with van der Waals surface area (Å²) in [5, 5.41) is 8.95. The smallest absolute Gasteiger partial charge is 0.0389 e. The Morgan fingerprint density at radius 1 is 1.67 bits per heavy atom. The highest BCUT2D eigenvalue weighted by atomic mass is 32.1. The number of nitrogens with one attached hydrogen (secondary N) is 2. The maximum Gasteiger partial charge on any atom is 0.0389 e. The van der Waals surface area contributed by atoms with E-state index in [4.69, 9.17) is 0 Å². The first-order valence-electron chi connectivity index (χ1n) is 4.36. The molecule has 0 saturated carbocycles. The van der Waals surface area contributed by atoms with Gasteiger partial charge in [0.15, 0.2) is 0 Å². The summed E-state index contributed by atoms with van der Waals surface area (Å²) in [5.41, 5.74) is 0. The third kappa shape index (κ3) is 1.68. The minimum atomic E-state index is 0.511. The van der Waals surface area contributed by atoms with Gasteiger partial charge in [-0.15, -0.1) is 11.3 Å². The summed E-state index contributed by atoms with van der Waals surface area (Å²) in [6, 6.07) is 5.49. The van der Waals surface area contributed by atoms with Crippen LogP contribution in [0, 0.1) is 0 Å². The second kappa shape index (κ2) is 3.56. The summed E-state index contributed by atoms with van der Waals surface area (Å²) < 4.78 is 0. The topological polar surface area (TPSA) is 24.1 Å². The minimum absolute atomic E-state index is 0.511. The molecule has 1 saturated heterocycles. The molecule has 0 aliphatic carbocycles. The zero-order valence-electron chi connectivity index (χ0n) is 7.21. The van der Waals surface area contributed by atoms with Crippen LogP contribution in [0.3, 0.4) is 0 Å². The molecule has 1 aromatic rings. The molecule has 12 heavy (non-hydrogen) atoms. The van der Waals surface area contributed by atoms with Gasteiger partial charge in [-0.2, -0.15) is 0 Å². The maximum atomic E-state index is 3.57. The number of hydrogen-bond donors (Lipinski definition) is 2. The lowest BCUT2D eigenvalue weighted by Gasteiger charge is -2.30. The van der Waals surface area contributed by atoms with E-state index in [1.54, 1.807) is 0 Å². The van der Waals surface area contributed by atoms with Crippen molar-refractivity contribution in [3.63, 3.8) is 0 Å². The molecule has 0 unspecified atom stereocenters. The zero-order chi connectivity index (χ0) is 8.39. The Hall–Kier alpha value is -0.380. The van der Waals surface area contributed by atoms with Crippen LogP contribution in [0.15, 0.2) is 17.5 Å². The summed E-state index contributed by atoms with van der Waals surface area (Å²) in [6.07, 6.45) is 0. The standard InChI is InChI=1S/C9H14N2S/c1-7(9-3-2-4-12-9)11-8-5-10-6-8/h2-4,7-8,10-11H,5-6H2,1H3/t7-/m1/s1. The van der Waals surface area contributed by atoms with Gasteiger partial charge in [-0.3, -0.25) is 0 Å². The maximum absolute atomic E-state index is 3.57. The van der Waals surface area contributed by atoms with E-state index in [2.05, 4.69) is 35.1 Å². The van der Waals surface area contributed by atoms with Gasteiger partial charge in [-0.1, -0.05) is 6.07 Å². The second-order valence-corrected chi connectivity index (χ2v) is 4.24. The number of rotatable bonds is 3. The summed E-state index contributed by atoms with van der Waals surface area (Å²) >= 11 is 1.82. The molecule has 2 N–H and O–H groups in total. The van der Waals surface area contributed by atoms with E-state index in [1.807, 2.05) is 11.3 Å². The van der Waals surface area contributed by atoms with E-state index < -0.39 is 0 Å². The molecule has 2 rings (SSSR count). The first-order valence-corrected chi connectivity index (χ1v) is 5.24. The Kier molecular flexibility index (Phi) is 2.44. The molecule has 1 aliphatic heterocycles. The molecule has 1 aromatic heterocycles. The highest BCUT2D eigenvalue weighted by Crippen LogP contribution is 2.18. The molecule has 2 heterocycles. The molecule has 66 valence electrons. The molecule has 0 aromatic carbocycles. The van der Waals surface area contributed by atoms with Gasteiger partial charge < -0.3 is 10.6 Å². The largest absolute Gasteiger partial charge is 0.314 e. The summed E-state index contributed by atoms with van der Waals surface area (Å²) in [4.78, 5) is 1.43. The molecule has 1 aliphatic rings. The lowest BCUT2D eigenvalue weighted by atomic mass is 10.1. The van der Waals surface area contributed by atoms with Gasteiger partial charge in [-0.05, 0) is 18.4 Å². The first kappa shape index (κ1) is 8.23. The fourth-order valence-electron chi connectivity index (χ4n) is 1.38. The summed E-state index contributed by atoms with van der Waals surface area (Å²) in [6.45, 7) is 4.47. The first-order chi connectivity index (χ1) is 5.86. The molecule has 1 fully saturated rings. The van der Waals surface area contributed by atoms with Crippen LogP contribution in [0.4, 0.5) is 0 Å². The fourth-order valence-corrected chi connectivity index (χ4v) is 2.12. The fraction of sp³-hybridized carbons (Fsp3) is 0.556. The van der Waals surface area contributed by atoms with Gasteiger partial charge in [0, 0.05) is 30.1 Å². The van der Waals surface area contributed by atoms with Crippen molar-refractivity contribution in [1.29, 1.82) is 0 Å². The average molecular weight is 182 g/mol. The van der Waals surface area contributed by atoms with E-state index >= 15 is 0 Å². The van der Waals surface area contributed by atoms with E-state index in [-0.39, 0.29) is 0 Å². The Labute approximate surface area is 77.0 Å². The van der Waals surface area contributed by atoms with E-state index in [0.29, 0.717) is 12.1 Å². The van der Waals surface area contributed by atoms with Crippen LogP contribution in [-0.4, -0.2) is 19.1 Å². The quantitative estimate of drug-likeness (QED) is 0.738. The molecule has 0 radical (unpaired) electrons. The van der Waals surface area contributed by atoms with Crippen LogP contribution in [0.25, 0.3) is 0 Å². The van der Waals surface area contributed by atoms with Gasteiger partial charge >= 0.3 is 0 Å². The van der Waals surface area contributed by atoms with Crippen molar-refractivity contribution >= 4 is 11.3 Å². The lowest BCUT2D eigenvalue weighted by molar-refractivity contribution is 0.340. The monoisotopic (exact) mass is 182 g/mol.